The molecule has 0 bridgehead atoms. The van der Waals surface area contributed by atoms with Gasteiger partial charge in [-0.25, -0.2) is 0 Å². The highest BCUT2D eigenvalue weighted by atomic mass is 32.2. The van der Waals surface area contributed by atoms with Gasteiger partial charge in [0.25, 0.3) is 0 Å². The van der Waals surface area contributed by atoms with Crippen LogP contribution in [0, 0.1) is 0 Å². The molecule has 2 N–H and O–H groups in total. The van der Waals surface area contributed by atoms with E-state index < -0.39 is 0 Å². The van der Waals surface area contributed by atoms with Crippen molar-refractivity contribution in [3.8, 4) is 0 Å². The van der Waals surface area contributed by atoms with Crippen molar-refractivity contribution in [2.24, 2.45) is 4.99 Å². The number of thiophene rings is 1. The van der Waals surface area contributed by atoms with E-state index in [0.29, 0.717) is 6.04 Å². The van der Waals surface area contributed by atoms with Gasteiger partial charge >= 0.3 is 0 Å². The molecule has 0 aromatic carbocycles. The first-order valence-electron chi connectivity index (χ1n) is 11.0. The Morgan fingerprint density at radius 2 is 2.13 bits per heavy atom. The summed E-state index contributed by atoms with van der Waals surface area (Å²) in [6.07, 6.45) is 8.58. The third kappa shape index (κ3) is 6.99. The van der Waals surface area contributed by atoms with E-state index in [1.54, 1.807) is 0 Å². The lowest BCUT2D eigenvalue weighted by Gasteiger charge is -2.25. The molecule has 166 valence electrons. The van der Waals surface area contributed by atoms with Gasteiger partial charge in [0.2, 0.25) is 0 Å². The van der Waals surface area contributed by atoms with Crippen LogP contribution in [0.3, 0.4) is 0 Å². The average molecular weight is 450 g/mol. The summed E-state index contributed by atoms with van der Waals surface area (Å²) in [5.74, 6) is 3.09. The minimum Gasteiger partial charge on any atom is -0.356 e. The van der Waals surface area contributed by atoms with E-state index in [-0.39, 0.29) is 0 Å². The van der Waals surface area contributed by atoms with E-state index in [0.717, 1.165) is 56.6 Å². The molecule has 0 radical (unpaired) electrons. The summed E-state index contributed by atoms with van der Waals surface area (Å²) >= 11 is 3.73. The van der Waals surface area contributed by atoms with Crippen LogP contribution >= 0.6 is 23.1 Å². The van der Waals surface area contributed by atoms with E-state index in [1.807, 2.05) is 29.4 Å². The van der Waals surface area contributed by atoms with E-state index in [9.17, 15) is 0 Å². The number of hydrogen-bond donors (Lipinski definition) is 2. The Hall–Kier alpha value is -1.58. The summed E-state index contributed by atoms with van der Waals surface area (Å²) in [6, 6.07) is 4.78. The molecule has 1 aliphatic rings. The fourth-order valence-corrected chi connectivity index (χ4v) is 5.01. The van der Waals surface area contributed by atoms with E-state index in [2.05, 4.69) is 61.0 Å². The molecule has 0 amide bonds. The molecule has 1 atom stereocenters. The zero-order valence-corrected chi connectivity index (χ0v) is 19.9. The molecule has 2 aromatic heterocycles. The van der Waals surface area contributed by atoms with Crippen molar-refractivity contribution in [2.45, 2.75) is 45.2 Å². The standard InChI is InChI=1S/C21H35N7S2/c1-3-20-26-25-17-28(20)13-10-23-21(22-9-7-14-29-2)24-16-18(19-8-6-15-30-19)27-11-4-5-12-27/h6,8,15,17-18H,3-5,7,9-14,16H2,1-2H3,(H2,22,23,24). The van der Waals surface area contributed by atoms with E-state index in [4.69, 9.17) is 4.99 Å². The highest BCUT2D eigenvalue weighted by molar-refractivity contribution is 7.98. The number of guanidine groups is 1. The van der Waals surface area contributed by atoms with Gasteiger partial charge in [0.1, 0.15) is 12.2 Å². The predicted octanol–water partition coefficient (Wildman–Crippen LogP) is 3.03. The predicted molar refractivity (Wildman–Crippen MR) is 129 cm³/mol. The zero-order valence-electron chi connectivity index (χ0n) is 18.2. The van der Waals surface area contributed by atoms with Gasteiger partial charge in [-0.2, -0.15) is 11.8 Å². The first-order chi connectivity index (χ1) is 14.8. The van der Waals surface area contributed by atoms with Crippen LogP contribution in [-0.4, -0.2) is 70.4 Å². The van der Waals surface area contributed by atoms with Crippen LogP contribution in [-0.2, 0) is 13.0 Å². The zero-order chi connectivity index (χ0) is 21.0. The van der Waals surface area contributed by atoms with Crippen molar-refractivity contribution < 1.29 is 0 Å². The molecule has 3 rings (SSSR count). The average Bonchev–Trinajstić information content (AvgIpc) is 3.54. The summed E-state index contributed by atoms with van der Waals surface area (Å²) in [5.41, 5.74) is 0. The molecule has 1 unspecified atom stereocenters. The first kappa shape index (κ1) is 23.1. The lowest BCUT2D eigenvalue weighted by molar-refractivity contribution is 0.255. The van der Waals surface area contributed by atoms with Gasteiger partial charge in [-0.1, -0.05) is 13.0 Å². The first-order valence-corrected chi connectivity index (χ1v) is 13.2. The molecule has 1 saturated heterocycles. The van der Waals surface area contributed by atoms with Gasteiger partial charge in [-0.05, 0) is 55.8 Å². The maximum Gasteiger partial charge on any atom is 0.191 e. The molecule has 0 saturated carbocycles. The maximum atomic E-state index is 5.00. The summed E-state index contributed by atoms with van der Waals surface area (Å²) in [6.45, 7) is 7.81. The second-order valence-corrected chi connectivity index (χ2v) is 9.42. The van der Waals surface area contributed by atoms with Crippen molar-refractivity contribution in [3.05, 3.63) is 34.5 Å². The quantitative estimate of drug-likeness (QED) is 0.295. The summed E-state index contributed by atoms with van der Waals surface area (Å²) in [5, 5.41) is 17.4. The number of hydrogen-bond acceptors (Lipinski definition) is 6. The lowest BCUT2D eigenvalue weighted by Crippen LogP contribution is -2.40. The van der Waals surface area contributed by atoms with Crippen LogP contribution in [0.15, 0.2) is 28.8 Å². The normalized spacial score (nSPS) is 16.1. The van der Waals surface area contributed by atoms with Crippen molar-refractivity contribution >= 4 is 29.1 Å². The number of aliphatic imine (C=N–C) groups is 1. The number of nitrogens with zero attached hydrogens (tertiary/aromatic N) is 5. The summed E-state index contributed by atoms with van der Waals surface area (Å²) in [4.78, 5) is 9.00. The fraction of sp³-hybridized carbons (Fsp3) is 0.667. The number of likely N-dealkylation sites (tertiary alicyclic amines) is 1. The molecule has 3 heterocycles. The van der Waals surface area contributed by atoms with Gasteiger partial charge < -0.3 is 15.2 Å². The highest BCUT2D eigenvalue weighted by Gasteiger charge is 2.24. The van der Waals surface area contributed by atoms with Crippen molar-refractivity contribution in [1.29, 1.82) is 0 Å². The number of rotatable bonds is 12. The van der Waals surface area contributed by atoms with Crippen LogP contribution < -0.4 is 10.6 Å². The van der Waals surface area contributed by atoms with E-state index in [1.165, 1.54) is 30.8 Å². The van der Waals surface area contributed by atoms with Gasteiger partial charge in [0.05, 0.1) is 12.6 Å². The van der Waals surface area contributed by atoms with E-state index >= 15 is 0 Å². The molecule has 2 aromatic rings. The van der Waals surface area contributed by atoms with Crippen LogP contribution in [0.2, 0.25) is 0 Å². The van der Waals surface area contributed by atoms with Gasteiger partial charge in [-0.15, -0.1) is 21.5 Å². The van der Waals surface area contributed by atoms with Crippen LogP contribution in [0.4, 0.5) is 0 Å². The van der Waals surface area contributed by atoms with Gasteiger partial charge in [-0.3, -0.25) is 9.89 Å². The number of aryl methyl sites for hydroxylation is 1. The molecule has 1 fully saturated rings. The second kappa shape index (κ2) is 13.0. The van der Waals surface area contributed by atoms with Crippen molar-refractivity contribution in [2.75, 3.05) is 44.7 Å². The Morgan fingerprint density at radius 3 is 2.87 bits per heavy atom. The topological polar surface area (TPSA) is 70.4 Å². The van der Waals surface area contributed by atoms with Gasteiger partial charge in [0, 0.05) is 30.9 Å². The number of aromatic nitrogens is 3. The summed E-state index contributed by atoms with van der Waals surface area (Å²) < 4.78 is 2.11. The van der Waals surface area contributed by atoms with Crippen molar-refractivity contribution in [3.63, 3.8) is 0 Å². The van der Waals surface area contributed by atoms with Crippen LogP contribution in [0.5, 0.6) is 0 Å². The monoisotopic (exact) mass is 449 g/mol. The minimum atomic E-state index is 0.377. The third-order valence-electron chi connectivity index (χ3n) is 5.35. The molecule has 30 heavy (non-hydrogen) atoms. The number of thioether (sulfide) groups is 1. The van der Waals surface area contributed by atoms with Crippen LogP contribution in [0.25, 0.3) is 0 Å². The lowest BCUT2D eigenvalue weighted by atomic mass is 10.2. The molecular weight excluding hydrogens is 414 g/mol. The Morgan fingerprint density at radius 1 is 1.30 bits per heavy atom. The Kier molecular flexibility index (Phi) is 9.98. The number of nitrogens with one attached hydrogen (secondary N) is 2. The molecule has 1 aliphatic heterocycles. The van der Waals surface area contributed by atoms with Crippen molar-refractivity contribution in [1.82, 2.24) is 30.3 Å². The Bertz CT molecular complexity index is 738. The largest absolute Gasteiger partial charge is 0.356 e. The molecule has 0 aliphatic carbocycles. The molecular formula is C21H35N7S2. The third-order valence-corrected chi connectivity index (χ3v) is 7.02. The molecule has 0 spiro atoms. The molecule has 7 nitrogen and oxygen atoms in total. The summed E-state index contributed by atoms with van der Waals surface area (Å²) in [7, 11) is 0. The Labute approximate surface area is 188 Å². The van der Waals surface area contributed by atoms with Crippen LogP contribution in [0.1, 0.15) is 42.9 Å². The minimum absolute atomic E-state index is 0.377. The SMILES string of the molecule is CCc1nncn1CCNC(=NCC(c1cccs1)N1CCCC1)NCCCSC. The Balaban J connectivity index is 1.60. The maximum absolute atomic E-state index is 5.00. The second-order valence-electron chi connectivity index (χ2n) is 7.46. The van der Waals surface area contributed by atoms with Gasteiger partial charge in [0.15, 0.2) is 5.96 Å². The smallest absolute Gasteiger partial charge is 0.191 e. The highest BCUT2D eigenvalue weighted by Crippen LogP contribution is 2.28. The fourth-order valence-electron chi connectivity index (χ4n) is 3.73. The molecule has 9 heteroatoms.